The third-order valence-corrected chi connectivity index (χ3v) is 3.56. The average Bonchev–Trinajstić information content (AvgIpc) is 2.37. The summed E-state index contributed by atoms with van der Waals surface area (Å²) in [4.78, 5) is 4.50. The molecule has 3 nitrogen and oxygen atoms in total. The molecule has 0 bridgehead atoms. The molecule has 0 amide bonds. The fourth-order valence-electron chi connectivity index (χ4n) is 1.43. The molecule has 1 aromatic carbocycles. The minimum absolute atomic E-state index is 0.532. The SMILES string of the molecule is CCNC(=NCc1ccc(Cl)cc1Cl)NCCSC. The Labute approximate surface area is 129 Å². The molecule has 0 spiro atoms. The van der Waals surface area contributed by atoms with Crippen LogP contribution in [0.2, 0.25) is 10.0 Å². The summed E-state index contributed by atoms with van der Waals surface area (Å²) in [5.41, 5.74) is 0.966. The fourth-order valence-corrected chi connectivity index (χ4v) is 2.20. The predicted octanol–water partition coefficient (Wildman–Crippen LogP) is 3.41. The second kappa shape index (κ2) is 9.34. The number of nitrogens with zero attached hydrogens (tertiary/aromatic N) is 1. The lowest BCUT2D eigenvalue weighted by Crippen LogP contribution is -2.38. The summed E-state index contributed by atoms with van der Waals surface area (Å²) in [6.07, 6.45) is 2.08. The van der Waals surface area contributed by atoms with Crippen LogP contribution < -0.4 is 10.6 Å². The second-order valence-corrected chi connectivity index (χ2v) is 5.68. The van der Waals surface area contributed by atoms with Crippen molar-refractivity contribution in [2.24, 2.45) is 4.99 Å². The number of halogens is 2. The summed E-state index contributed by atoms with van der Waals surface area (Å²) in [6, 6.07) is 5.47. The molecule has 19 heavy (non-hydrogen) atoms. The van der Waals surface area contributed by atoms with Crippen molar-refractivity contribution in [3.63, 3.8) is 0 Å². The molecule has 1 aromatic rings. The smallest absolute Gasteiger partial charge is 0.191 e. The van der Waals surface area contributed by atoms with Gasteiger partial charge in [-0.2, -0.15) is 11.8 Å². The number of rotatable bonds is 6. The van der Waals surface area contributed by atoms with E-state index in [2.05, 4.69) is 21.9 Å². The minimum Gasteiger partial charge on any atom is -0.357 e. The van der Waals surface area contributed by atoms with Crippen LogP contribution >= 0.6 is 35.0 Å². The number of thioether (sulfide) groups is 1. The maximum absolute atomic E-state index is 6.12. The van der Waals surface area contributed by atoms with Gasteiger partial charge in [-0.25, -0.2) is 4.99 Å². The Balaban J connectivity index is 2.63. The fraction of sp³-hybridized carbons (Fsp3) is 0.462. The monoisotopic (exact) mass is 319 g/mol. The molecule has 0 heterocycles. The molecule has 0 saturated heterocycles. The highest BCUT2D eigenvalue weighted by Gasteiger charge is 2.02. The van der Waals surface area contributed by atoms with Gasteiger partial charge in [0.25, 0.3) is 0 Å². The third-order valence-electron chi connectivity index (χ3n) is 2.37. The Morgan fingerprint density at radius 1 is 1.32 bits per heavy atom. The summed E-state index contributed by atoms with van der Waals surface area (Å²) in [6.45, 7) is 4.30. The summed E-state index contributed by atoms with van der Waals surface area (Å²) in [5.74, 6) is 1.86. The first-order chi connectivity index (χ1) is 9.17. The molecular formula is C13H19Cl2N3S. The first kappa shape index (κ1) is 16.5. The average molecular weight is 320 g/mol. The molecule has 0 radical (unpaired) electrons. The van der Waals surface area contributed by atoms with Gasteiger partial charge in [0, 0.05) is 28.9 Å². The molecule has 0 unspecified atom stereocenters. The zero-order valence-electron chi connectivity index (χ0n) is 11.2. The molecule has 1 rings (SSSR count). The van der Waals surface area contributed by atoms with Gasteiger partial charge in [0.2, 0.25) is 0 Å². The van der Waals surface area contributed by atoms with Crippen LogP contribution in [0, 0.1) is 0 Å². The molecular weight excluding hydrogens is 301 g/mol. The molecule has 106 valence electrons. The van der Waals surface area contributed by atoms with Crippen molar-refractivity contribution in [2.75, 3.05) is 25.1 Å². The molecule has 0 atom stereocenters. The van der Waals surface area contributed by atoms with Crippen molar-refractivity contribution < 1.29 is 0 Å². The van der Waals surface area contributed by atoms with Gasteiger partial charge in [-0.15, -0.1) is 0 Å². The second-order valence-electron chi connectivity index (χ2n) is 3.85. The van der Waals surface area contributed by atoms with Gasteiger partial charge in [0.05, 0.1) is 6.54 Å². The van der Waals surface area contributed by atoms with Crippen molar-refractivity contribution in [1.29, 1.82) is 0 Å². The topological polar surface area (TPSA) is 36.4 Å². The highest BCUT2D eigenvalue weighted by atomic mass is 35.5. The predicted molar refractivity (Wildman–Crippen MR) is 87.7 cm³/mol. The zero-order chi connectivity index (χ0) is 14.1. The third kappa shape index (κ3) is 6.41. The Morgan fingerprint density at radius 2 is 2.11 bits per heavy atom. The number of aliphatic imine (C=N–C) groups is 1. The van der Waals surface area contributed by atoms with Crippen molar-refractivity contribution in [3.05, 3.63) is 33.8 Å². The molecule has 0 saturated carbocycles. The summed E-state index contributed by atoms with van der Waals surface area (Å²) >= 11 is 13.8. The first-order valence-electron chi connectivity index (χ1n) is 6.12. The van der Waals surface area contributed by atoms with E-state index in [0.29, 0.717) is 16.6 Å². The Kier molecular flexibility index (Phi) is 8.10. The quantitative estimate of drug-likeness (QED) is 0.479. The van der Waals surface area contributed by atoms with Gasteiger partial charge in [-0.05, 0) is 30.9 Å². The van der Waals surface area contributed by atoms with Crippen molar-refractivity contribution in [2.45, 2.75) is 13.5 Å². The maximum Gasteiger partial charge on any atom is 0.191 e. The van der Waals surface area contributed by atoms with Gasteiger partial charge in [0.1, 0.15) is 0 Å². The summed E-state index contributed by atoms with van der Waals surface area (Å²) < 4.78 is 0. The van der Waals surface area contributed by atoms with Gasteiger partial charge in [-0.3, -0.25) is 0 Å². The van der Waals surface area contributed by atoms with E-state index in [9.17, 15) is 0 Å². The number of hydrogen-bond donors (Lipinski definition) is 2. The van der Waals surface area contributed by atoms with E-state index in [-0.39, 0.29) is 0 Å². The van der Waals surface area contributed by atoms with Crippen LogP contribution in [-0.2, 0) is 6.54 Å². The molecule has 2 N–H and O–H groups in total. The lowest BCUT2D eigenvalue weighted by atomic mass is 10.2. The lowest BCUT2D eigenvalue weighted by Gasteiger charge is -2.11. The van der Waals surface area contributed by atoms with Crippen LogP contribution in [0.4, 0.5) is 0 Å². The normalized spacial score (nSPS) is 11.5. The van der Waals surface area contributed by atoms with Crippen LogP contribution in [-0.4, -0.2) is 31.1 Å². The van der Waals surface area contributed by atoms with Crippen LogP contribution in [0.5, 0.6) is 0 Å². The van der Waals surface area contributed by atoms with Gasteiger partial charge in [0.15, 0.2) is 5.96 Å². The van der Waals surface area contributed by atoms with E-state index >= 15 is 0 Å². The molecule has 0 aliphatic heterocycles. The molecule has 0 aliphatic carbocycles. The molecule has 0 aromatic heterocycles. The van der Waals surface area contributed by atoms with Gasteiger partial charge >= 0.3 is 0 Å². The number of nitrogens with one attached hydrogen (secondary N) is 2. The van der Waals surface area contributed by atoms with Crippen LogP contribution in [0.15, 0.2) is 23.2 Å². The number of benzene rings is 1. The molecule has 0 aliphatic rings. The van der Waals surface area contributed by atoms with Gasteiger partial charge in [-0.1, -0.05) is 29.3 Å². The Hall–Kier alpha value is -0.580. The van der Waals surface area contributed by atoms with Crippen LogP contribution in [0.1, 0.15) is 12.5 Å². The van der Waals surface area contributed by atoms with E-state index < -0.39 is 0 Å². The van der Waals surface area contributed by atoms with Crippen molar-refractivity contribution in [3.8, 4) is 0 Å². The zero-order valence-corrected chi connectivity index (χ0v) is 13.5. The van der Waals surface area contributed by atoms with E-state index in [0.717, 1.165) is 30.4 Å². The van der Waals surface area contributed by atoms with E-state index in [1.54, 1.807) is 17.8 Å². The van der Waals surface area contributed by atoms with E-state index in [4.69, 9.17) is 23.2 Å². The first-order valence-corrected chi connectivity index (χ1v) is 8.27. The number of guanidine groups is 1. The van der Waals surface area contributed by atoms with Gasteiger partial charge < -0.3 is 10.6 Å². The maximum atomic E-state index is 6.12. The highest BCUT2D eigenvalue weighted by Crippen LogP contribution is 2.21. The van der Waals surface area contributed by atoms with E-state index in [1.165, 1.54) is 0 Å². The highest BCUT2D eigenvalue weighted by molar-refractivity contribution is 7.98. The summed E-state index contributed by atoms with van der Waals surface area (Å²) in [5, 5.41) is 7.77. The number of hydrogen-bond acceptors (Lipinski definition) is 2. The molecule has 0 fully saturated rings. The largest absolute Gasteiger partial charge is 0.357 e. The van der Waals surface area contributed by atoms with E-state index in [1.807, 2.05) is 19.1 Å². The van der Waals surface area contributed by atoms with Crippen LogP contribution in [0.25, 0.3) is 0 Å². The van der Waals surface area contributed by atoms with Crippen molar-refractivity contribution in [1.82, 2.24) is 10.6 Å². The van der Waals surface area contributed by atoms with Crippen LogP contribution in [0.3, 0.4) is 0 Å². The standard InChI is InChI=1S/C13H19Cl2N3S/c1-3-16-13(17-6-7-19-2)18-9-10-4-5-11(14)8-12(10)15/h4-5,8H,3,6-7,9H2,1-2H3,(H2,16,17,18). The van der Waals surface area contributed by atoms with Crippen molar-refractivity contribution >= 4 is 40.9 Å². The lowest BCUT2D eigenvalue weighted by molar-refractivity contribution is 0.843. The Morgan fingerprint density at radius 3 is 2.74 bits per heavy atom. The summed E-state index contributed by atoms with van der Waals surface area (Å²) in [7, 11) is 0. The minimum atomic E-state index is 0.532. The molecule has 6 heteroatoms. The Bertz CT molecular complexity index is 424.